The molecule has 2 aliphatic heterocycles. The minimum atomic E-state index is -2.20. The van der Waals surface area contributed by atoms with Crippen LogP contribution in [0.2, 0.25) is 39.3 Å². The summed E-state index contributed by atoms with van der Waals surface area (Å²) in [4.78, 5) is 39.5. The molecule has 0 aromatic rings. The Balaban J connectivity index is 2.34. The smallest absolute Gasteiger partial charge is 0.341 e. The Morgan fingerprint density at radius 1 is 1.23 bits per heavy atom. The van der Waals surface area contributed by atoms with Crippen LogP contribution in [0, 0.1) is 0 Å². The van der Waals surface area contributed by atoms with Crippen LogP contribution >= 0.6 is 34.4 Å². The van der Waals surface area contributed by atoms with Crippen molar-refractivity contribution in [3.63, 3.8) is 0 Å². The quantitative estimate of drug-likeness (QED) is 0.192. The molecule has 2 rings (SSSR count). The van der Waals surface area contributed by atoms with E-state index in [1.165, 1.54) is 16.7 Å². The van der Waals surface area contributed by atoms with E-state index in [1.807, 2.05) is 39.3 Å². The maximum Gasteiger partial charge on any atom is 0.341 e. The largest absolute Gasteiger partial charge is 0.518 e. The molecule has 0 bridgehead atoms. The second-order valence-electron chi connectivity index (χ2n) is 8.30. The number of nitrogens with two attached hydrogens (primary N) is 1. The minimum absolute atomic E-state index is 0.248. The summed E-state index contributed by atoms with van der Waals surface area (Å²) in [6.07, 6.45) is 0. The van der Waals surface area contributed by atoms with E-state index in [0.717, 1.165) is 5.57 Å². The molecule has 11 heteroatoms. The normalized spacial score (nSPS) is 26.2. The summed E-state index contributed by atoms with van der Waals surface area (Å²) in [7, 11) is -4.33. The standard InChI is InChI=1S/C15H25IN2O5SSi2/c1-25(2,3)22-11(19)10-9(7-16)8-24-13-15(17,12(20)18(10)13)14(21)23-26(4,5)6/h13H,7-8,17H2,1-6H3/t13-,15-/m1/s1. The van der Waals surface area contributed by atoms with Crippen molar-refractivity contribution in [1.82, 2.24) is 4.90 Å². The van der Waals surface area contributed by atoms with Crippen LogP contribution < -0.4 is 5.73 Å². The Morgan fingerprint density at radius 3 is 2.23 bits per heavy atom. The zero-order valence-corrected chi connectivity index (χ0v) is 20.8. The van der Waals surface area contributed by atoms with Gasteiger partial charge in [-0.25, -0.2) is 4.79 Å². The van der Waals surface area contributed by atoms with Gasteiger partial charge < -0.3 is 14.6 Å². The number of alkyl halides is 1. The van der Waals surface area contributed by atoms with Gasteiger partial charge in [0.05, 0.1) is 0 Å². The van der Waals surface area contributed by atoms with Gasteiger partial charge in [-0.15, -0.1) is 11.8 Å². The van der Waals surface area contributed by atoms with Gasteiger partial charge in [0, 0.05) is 10.2 Å². The van der Waals surface area contributed by atoms with Crippen LogP contribution in [0.15, 0.2) is 11.3 Å². The number of halogens is 1. The average Bonchev–Trinajstić information content (AvgIpc) is 2.48. The number of fused-ring (bicyclic) bond motifs is 1. The highest BCUT2D eigenvalue weighted by Crippen LogP contribution is 2.46. The number of thioether (sulfide) groups is 1. The topological polar surface area (TPSA) is 98.9 Å². The van der Waals surface area contributed by atoms with Crippen molar-refractivity contribution < 1.29 is 23.2 Å². The van der Waals surface area contributed by atoms with Crippen molar-refractivity contribution >= 4 is 68.8 Å². The second kappa shape index (κ2) is 7.22. The molecule has 0 saturated carbocycles. The predicted octanol–water partition coefficient (Wildman–Crippen LogP) is 2.04. The first-order valence-corrected chi connectivity index (χ1v) is 17.6. The molecule has 2 aliphatic rings. The number of rotatable bonds is 5. The van der Waals surface area contributed by atoms with E-state index in [2.05, 4.69) is 22.6 Å². The van der Waals surface area contributed by atoms with E-state index in [0.29, 0.717) is 10.2 Å². The molecule has 0 aliphatic carbocycles. The van der Waals surface area contributed by atoms with Gasteiger partial charge in [0.2, 0.25) is 22.2 Å². The molecule has 2 N–H and O–H groups in total. The predicted molar refractivity (Wildman–Crippen MR) is 115 cm³/mol. The highest BCUT2D eigenvalue weighted by Gasteiger charge is 2.68. The average molecular weight is 529 g/mol. The Bertz CT molecular complexity index is 689. The third-order valence-electron chi connectivity index (χ3n) is 3.68. The van der Waals surface area contributed by atoms with Gasteiger partial charge in [-0.2, -0.15) is 0 Å². The maximum absolute atomic E-state index is 12.9. The van der Waals surface area contributed by atoms with Crippen molar-refractivity contribution in [2.75, 3.05) is 10.2 Å². The van der Waals surface area contributed by atoms with Crippen LogP contribution in [0.4, 0.5) is 0 Å². The first-order chi connectivity index (χ1) is 11.7. The van der Waals surface area contributed by atoms with E-state index in [4.69, 9.17) is 14.6 Å². The van der Waals surface area contributed by atoms with E-state index in [-0.39, 0.29) is 5.70 Å². The Kier molecular flexibility index (Phi) is 6.09. The maximum atomic E-state index is 12.9. The third kappa shape index (κ3) is 4.05. The third-order valence-corrected chi connectivity index (χ3v) is 7.61. The van der Waals surface area contributed by atoms with Crippen LogP contribution in [-0.4, -0.2) is 60.5 Å². The Labute approximate surface area is 173 Å². The zero-order valence-electron chi connectivity index (χ0n) is 15.8. The molecule has 0 aromatic heterocycles. The summed E-state index contributed by atoms with van der Waals surface area (Å²) in [6, 6.07) is 0. The molecule has 7 nitrogen and oxygen atoms in total. The number of β-lactam (4-membered cyclic amide) rings is 1. The zero-order chi connectivity index (χ0) is 20.1. The summed E-state index contributed by atoms with van der Waals surface area (Å²) < 4.78 is 11.7. The van der Waals surface area contributed by atoms with Gasteiger partial charge in [0.15, 0.2) is 0 Å². The molecule has 1 amide bonds. The fourth-order valence-corrected chi connectivity index (χ4v) is 6.40. The number of carbonyl (C=O) groups is 3. The highest BCUT2D eigenvalue weighted by atomic mass is 127. The molecular formula is C15H25IN2O5SSi2. The van der Waals surface area contributed by atoms with Crippen molar-refractivity contribution in [3.8, 4) is 0 Å². The lowest BCUT2D eigenvalue weighted by Crippen LogP contribution is -2.82. The van der Waals surface area contributed by atoms with Gasteiger partial charge >= 0.3 is 11.9 Å². The molecule has 0 spiro atoms. The number of nitrogens with zero attached hydrogens (tertiary/aromatic N) is 1. The molecule has 146 valence electrons. The summed E-state index contributed by atoms with van der Waals surface area (Å²) in [5.74, 6) is -1.28. The van der Waals surface area contributed by atoms with Crippen LogP contribution in [0.1, 0.15) is 0 Å². The molecule has 2 atom stereocenters. The summed E-state index contributed by atoms with van der Waals surface area (Å²) in [6.45, 7) is 11.3. The summed E-state index contributed by atoms with van der Waals surface area (Å²) in [5.41, 5.74) is 5.52. The van der Waals surface area contributed by atoms with Crippen molar-refractivity contribution in [2.45, 2.75) is 50.2 Å². The molecule has 0 aromatic carbocycles. The number of carbonyl (C=O) groups excluding carboxylic acids is 3. The number of hydrogen-bond acceptors (Lipinski definition) is 7. The molecule has 0 radical (unpaired) electrons. The molecule has 1 saturated heterocycles. The lowest BCUT2D eigenvalue weighted by molar-refractivity contribution is -0.166. The van der Waals surface area contributed by atoms with Crippen LogP contribution in [-0.2, 0) is 23.2 Å². The van der Waals surface area contributed by atoms with E-state index >= 15 is 0 Å². The van der Waals surface area contributed by atoms with Gasteiger partial charge in [-0.1, -0.05) is 22.6 Å². The van der Waals surface area contributed by atoms with Gasteiger partial charge in [0.25, 0.3) is 5.91 Å². The second-order valence-corrected chi connectivity index (χ2v) is 19.0. The molecule has 0 unspecified atom stereocenters. The summed E-state index contributed by atoms with van der Waals surface area (Å²) in [5, 5.41) is -0.644. The van der Waals surface area contributed by atoms with Gasteiger partial charge in [0.1, 0.15) is 11.1 Å². The van der Waals surface area contributed by atoms with E-state index in [9.17, 15) is 14.4 Å². The summed E-state index contributed by atoms with van der Waals surface area (Å²) >= 11 is 3.54. The fourth-order valence-electron chi connectivity index (χ4n) is 2.61. The lowest BCUT2D eigenvalue weighted by atomic mass is 9.87. The molecule has 1 fully saturated rings. The Hall–Kier alpha value is -0.376. The van der Waals surface area contributed by atoms with Crippen molar-refractivity contribution in [3.05, 3.63) is 11.3 Å². The SMILES string of the molecule is C[Si](C)(C)OC(=O)C1=C(CI)CS[C@H]2N1C(=O)[C@]2(N)C(=O)O[Si](C)(C)C. The van der Waals surface area contributed by atoms with Crippen LogP contribution in [0.25, 0.3) is 0 Å². The minimum Gasteiger partial charge on any atom is -0.518 e. The molecular weight excluding hydrogens is 503 g/mol. The number of amides is 1. The van der Waals surface area contributed by atoms with Crippen molar-refractivity contribution in [1.29, 1.82) is 0 Å². The van der Waals surface area contributed by atoms with E-state index in [1.54, 1.807) is 0 Å². The van der Waals surface area contributed by atoms with Crippen LogP contribution in [0.5, 0.6) is 0 Å². The van der Waals surface area contributed by atoms with Gasteiger partial charge in [-0.05, 0) is 44.9 Å². The first kappa shape index (κ1) is 21.9. The molecule has 26 heavy (non-hydrogen) atoms. The fraction of sp³-hybridized carbons (Fsp3) is 0.667. The monoisotopic (exact) mass is 528 g/mol. The van der Waals surface area contributed by atoms with Crippen LogP contribution in [0.3, 0.4) is 0 Å². The number of hydrogen-bond donors (Lipinski definition) is 1. The molecule has 2 heterocycles. The van der Waals surface area contributed by atoms with E-state index < -0.39 is 45.4 Å². The van der Waals surface area contributed by atoms with Gasteiger partial charge in [-0.3, -0.25) is 14.5 Å². The lowest BCUT2D eigenvalue weighted by Gasteiger charge is -2.54. The Morgan fingerprint density at radius 2 is 1.77 bits per heavy atom. The highest BCUT2D eigenvalue weighted by molar-refractivity contribution is 14.1. The van der Waals surface area contributed by atoms with Crippen molar-refractivity contribution in [2.24, 2.45) is 5.73 Å². The first-order valence-electron chi connectivity index (χ1n) is 8.21.